The molecule has 0 bridgehead atoms. The first kappa shape index (κ1) is 16.3. The molecule has 1 saturated heterocycles. The van der Waals surface area contributed by atoms with E-state index in [1.807, 2.05) is 42.0 Å². The number of nitriles is 1. The van der Waals surface area contributed by atoms with Gasteiger partial charge in [0.15, 0.2) is 0 Å². The van der Waals surface area contributed by atoms with Crippen LogP contribution in [0.15, 0.2) is 30.3 Å². The molecule has 1 fully saturated rings. The van der Waals surface area contributed by atoms with Gasteiger partial charge >= 0.3 is 0 Å². The predicted octanol–water partition coefficient (Wildman–Crippen LogP) is 1.43. The summed E-state index contributed by atoms with van der Waals surface area (Å²) >= 11 is 0. The van der Waals surface area contributed by atoms with Gasteiger partial charge in [0, 0.05) is 38.4 Å². The number of amides is 1. The van der Waals surface area contributed by atoms with Crippen LogP contribution in [-0.4, -0.2) is 62.0 Å². The van der Waals surface area contributed by atoms with Crippen molar-refractivity contribution in [2.75, 3.05) is 51.2 Å². The van der Waals surface area contributed by atoms with Crippen LogP contribution >= 0.6 is 0 Å². The zero-order valence-corrected chi connectivity index (χ0v) is 13.4. The highest BCUT2D eigenvalue weighted by atomic mass is 16.2. The van der Waals surface area contributed by atoms with Crippen LogP contribution in [0.4, 0.5) is 5.69 Å². The van der Waals surface area contributed by atoms with E-state index in [2.05, 4.69) is 23.1 Å². The van der Waals surface area contributed by atoms with Gasteiger partial charge in [0.05, 0.1) is 18.5 Å². The number of hydrogen-bond acceptors (Lipinski definition) is 4. The Hall–Kier alpha value is -2.06. The molecule has 1 heterocycles. The highest BCUT2D eigenvalue weighted by molar-refractivity contribution is 5.78. The van der Waals surface area contributed by atoms with E-state index in [-0.39, 0.29) is 11.8 Å². The van der Waals surface area contributed by atoms with E-state index in [1.54, 1.807) is 0 Å². The first-order chi connectivity index (χ1) is 10.6. The lowest BCUT2D eigenvalue weighted by atomic mass is 10.2. The summed E-state index contributed by atoms with van der Waals surface area (Å²) in [5.41, 5.74) is 1.22. The van der Waals surface area contributed by atoms with E-state index in [9.17, 15) is 4.79 Å². The molecule has 0 radical (unpaired) electrons. The molecule has 1 aliphatic heterocycles. The fraction of sp³-hybridized carbons (Fsp3) is 0.529. The number of anilines is 1. The molecule has 0 spiro atoms. The third-order valence-electron chi connectivity index (χ3n) is 3.96. The molecular formula is C17H24N4O. The number of hydrogen-bond donors (Lipinski definition) is 0. The summed E-state index contributed by atoms with van der Waals surface area (Å²) in [4.78, 5) is 18.5. The molecule has 1 unspecified atom stereocenters. The molecule has 1 aromatic carbocycles. The Bertz CT molecular complexity index is 517. The minimum Gasteiger partial charge on any atom is -0.368 e. The second kappa shape index (κ2) is 7.81. The van der Waals surface area contributed by atoms with Crippen molar-refractivity contribution in [1.29, 1.82) is 5.26 Å². The van der Waals surface area contributed by atoms with Crippen LogP contribution in [0.3, 0.4) is 0 Å². The van der Waals surface area contributed by atoms with E-state index >= 15 is 0 Å². The minimum atomic E-state index is -0.0484. The van der Waals surface area contributed by atoms with Crippen molar-refractivity contribution < 1.29 is 4.79 Å². The molecule has 5 heteroatoms. The van der Waals surface area contributed by atoms with Gasteiger partial charge < -0.3 is 9.80 Å². The largest absolute Gasteiger partial charge is 0.368 e. The second-order valence-electron chi connectivity index (χ2n) is 5.93. The topological polar surface area (TPSA) is 50.6 Å². The highest BCUT2D eigenvalue weighted by Crippen LogP contribution is 2.15. The van der Waals surface area contributed by atoms with Crippen LogP contribution < -0.4 is 4.90 Å². The van der Waals surface area contributed by atoms with Crippen molar-refractivity contribution in [1.82, 2.24) is 9.80 Å². The van der Waals surface area contributed by atoms with Crippen LogP contribution in [0.5, 0.6) is 0 Å². The number of nitrogens with zero attached hydrogens (tertiary/aromatic N) is 4. The van der Waals surface area contributed by atoms with E-state index in [4.69, 9.17) is 5.26 Å². The lowest BCUT2D eigenvalue weighted by Crippen LogP contribution is -2.51. The third kappa shape index (κ3) is 4.47. The van der Waals surface area contributed by atoms with Crippen LogP contribution in [0, 0.1) is 17.2 Å². The highest BCUT2D eigenvalue weighted by Gasteiger charge is 2.22. The lowest BCUT2D eigenvalue weighted by molar-refractivity contribution is -0.132. The van der Waals surface area contributed by atoms with Gasteiger partial charge in [0.25, 0.3) is 0 Å². The number of carbonyl (C=O) groups is 1. The maximum Gasteiger partial charge on any atom is 0.236 e. The van der Waals surface area contributed by atoms with Gasteiger partial charge in [-0.15, -0.1) is 0 Å². The summed E-state index contributed by atoms with van der Waals surface area (Å²) in [5.74, 6) is 0.105. The van der Waals surface area contributed by atoms with E-state index in [0.717, 1.165) is 26.2 Å². The molecule has 0 aromatic heterocycles. The Morgan fingerprint density at radius 3 is 2.50 bits per heavy atom. The van der Waals surface area contributed by atoms with Crippen molar-refractivity contribution in [2.45, 2.75) is 6.92 Å². The standard InChI is InChI=1S/C17H24N4O/c1-15(12-18)13-19(2)14-17(22)21-10-8-20(9-11-21)16-6-4-3-5-7-16/h3-7,15H,8-11,13-14H2,1-2H3. The Morgan fingerprint density at radius 2 is 1.91 bits per heavy atom. The van der Waals surface area contributed by atoms with Crippen molar-refractivity contribution in [3.63, 3.8) is 0 Å². The van der Waals surface area contributed by atoms with Gasteiger partial charge in [-0.05, 0) is 26.1 Å². The first-order valence-electron chi connectivity index (χ1n) is 7.76. The fourth-order valence-electron chi connectivity index (χ4n) is 2.76. The molecular weight excluding hydrogens is 276 g/mol. The van der Waals surface area contributed by atoms with E-state index in [1.165, 1.54) is 5.69 Å². The van der Waals surface area contributed by atoms with Crippen LogP contribution in [-0.2, 0) is 4.79 Å². The number of para-hydroxylation sites is 1. The maximum absolute atomic E-state index is 12.3. The second-order valence-corrected chi connectivity index (χ2v) is 5.93. The van der Waals surface area contributed by atoms with Gasteiger partial charge in [-0.25, -0.2) is 0 Å². The number of rotatable bonds is 5. The molecule has 22 heavy (non-hydrogen) atoms. The molecule has 0 saturated carbocycles. The molecule has 2 rings (SSSR count). The average molecular weight is 300 g/mol. The molecule has 1 amide bonds. The number of benzene rings is 1. The van der Waals surface area contributed by atoms with Gasteiger partial charge in [-0.2, -0.15) is 5.26 Å². The Kier molecular flexibility index (Phi) is 5.79. The van der Waals surface area contributed by atoms with Crippen molar-refractivity contribution >= 4 is 11.6 Å². The SMILES string of the molecule is CC(C#N)CN(C)CC(=O)N1CCN(c2ccccc2)CC1. The van der Waals surface area contributed by atoms with Gasteiger partial charge in [-0.3, -0.25) is 9.69 Å². The zero-order chi connectivity index (χ0) is 15.9. The number of likely N-dealkylation sites (N-methyl/N-ethyl adjacent to an activating group) is 1. The summed E-state index contributed by atoms with van der Waals surface area (Å²) in [6, 6.07) is 12.5. The molecule has 118 valence electrons. The Balaban J connectivity index is 1.79. The molecule has 1 aromatic rings. The third-order valence-corrected chi connectivity index (χ3v) is 3.96. The van der Waals surface area contributed by atoms with Crippen LogP contribution in [0.2, 0.25) is 0 Å². The van der Waals surface area contributed by atoms with Crippen molar-refractivity contribution in [2.24, 2.45) is 5.92 Å². The Morgan fingerprint density at radius 1 is 1.27 bits per heavy atom. The maximum atomic E-state index is 12.3. The van der Waals surface area contributed by atoms with E-state index < -0.39 is 0 Å². The van der Waals surface area contributed by atoms with Gasteiger partial charge in [-0.1, -0.05) is 18.2 Å². The van der Waals surface area contributed by atoms with Gasteiger partial charge in [0.2, 0.25) is 5.91 Å². The smallest absolute Gasteiger partial charge is 0.236 e. The molecule has 5 nitrogen and oxygen atoms in total. The quantitative estimate of drug-likeness (QED) is 0.825. The molecule has 0 N–H and O–H groups in total. The van der Waals surface area contributed by atoms with Gasteiger partial charge in [0.1, 0.15) is 0 Å². The summed E-state index contributed by atoms with van der Waals surface area (Å²) in [5, 5.41) is 8.83. The molecule has 1 aliphatic rings. The van der Waals surface area contributed by atoms with Crippen LogP contribution in [0.1, 0.15) is 6.92 Å². The predicted molar refractivity (Wildman–Crippen MR) is 87.5 cm³/mol. The summed E-state index contributed by atoms with van der Waals surface area (Å²) in [6.45, 7) is 6.15. The molecule has 1 atom stereocenters. The number of carbonyl (C=O) groups excluding carboxylic acids is 1. The van der Waals surface area contributed by atoms with Crippen molar-refractivity contribution in [3.05, 3.63) is 30.3 Å². The summed E-state index contributed by atoms with van der Waals surface area (Å²) < 4.78 is 0. The number of piperazine rings is 1. The van der Waals surface area contributed by atoms with E-state index in [0.29, 0.717) is 13.1 Å². The summed E-state index contributed by atoms with van der Waals surface area (Å²) in [7, 11) is 1.89. The molecule has 0 aliphatic carbocycles. The first-order valence-corrected chi connectivity index (χ1v) is 7.76. The fourth-order valence-corrected chi connectivity index (χ4v) is 2.76. The van der Waals surface area contributed by atoms with Crippen LogP contribution in [0.25, 0.3) is 0 Å². The Labute approximate surface area is 132 Å². The van der Waals surface area contributed by atoms with Crippen molar-refractivity contribution in [3.8, 4) is 6.07 Å². The monoisotopic (exact) mass is 300 g/mol. The summed E-state index contributed by atoms with van der Waals surface area (Å²) in [6.07, 6.45) is 0. The average Bonchev–Trinajstić information content (AvgIpc) is 2.55. The lowest BCUT2D eigenvalue weighted by Gasteiger charge is -2.36. The zero-order valence-electron chi connectivity index (χ0n) is 13.4. The normalized spacial score (nSPS) is 16.5. The minimum absolute atomic E-state index is 0.0484.